The largest absolute Gasteiger partial charge is 0.450 e. The molecule has 0 saturated carbocycles. The van der Waals surface area contributed by atoms with E-state index in [1.807, 2.05) is 20.8 Å². The van der Waals surface area contributed by atoms with Crippen molar-refractivity contribution in [2.45, 2.75) is 90.8 Å². The molecule has 0 unspecified atom stereocenters. The SMILES string of the molecule is CC(C)C#CCNC(=O)OCCCCO[C@H](C)SSC(C)(C)CCOC(=O)NCCOCCOCCCC(C)C. The van der Waals surface area contributed by atoms with Crippen molar-refractivity contribution >= 4 is 33.8 Å². The summed E-state index contributed by atoms with van der Waals surface area (Å²) in [4.78, 5) is 23.5. The van der Waals surface area contributed by atoms with E-state index in [0.29, 0.717) is 58.6 Å². The van der Waals surface area contributed by atoms with Crippen molar-refractivity contribution in [3.8, 4) is 11.8 Å². The highest BCUT2D eigenvalue weighted by atomic mass is 33.1. The van der Waals surface area contributed by atoms with Crippen molar-refractivity contribution in [2.24, 2.45) is 11.8 Å². The van der Waals surface area contributed by atoms with Gasteiger partial charge in [-0.3, -0.25) is 0 Å². The molecule has 0 rings (SSSR count). The molecule has 0 aromatic heterocycles. The molecule has 0 aliphatic rings. The van der Waals surface area contributed by atoms with E-state index in [9.17, 15) is 9.59 Å². The molecule has 11 heteroatoms. The van der Waals surface area contributed by atoms with E-state index in [4.69, 9.17) is 23.7 Å². The highest BCUT2D eigenvalue weighted by molar-refractivity contribution is 8.77. The summed E-state index contributed by atoms with van der Waals surface area (Å²) in [6.45, 7) is 18.9. The van der Waals surface area contributed by atoms with Gasteiger partial charge in [-0.25, -0.2) is 9.59 Å². The van der Waals surface area contributed by atoms with E-state index in [2.05, 4.69) is 50.2 Å². The van der Waals surface area contributed by atoms with Crippen LogP contribution in [0.2, 0.25) is 0 Å². The van der Waals surface area contributed by atoms with Crippen LogP contribution in [-0.4, -0.2) is 81.7 Å². The lowest BCUT2D eigenvalue weighted by Crippen LogP contribution is -2.29. The third-order valence-electron chi connectivity index (χ3n) is 5.14. The van der Waals surface area contributed by atoms with Gasteiger partial charge in [0.15, 0.2) is 0 Å². The van der Waals surface area contributed by atoms with Gasteiger partial charge in [-0.05, 0) is 58.8 Å². The van der Waals surface area contributed by atoms with E-state index in [1.165, 1.54) is 6.42 Å². The Labute approximate surface area is 251 Å². The maximum absolute atomic E-state index is 11.9. The summed E-state index contributed by atoms with van der Waals surface area (Å²) in [5.41, 5.74) is 0.0164. The number of amides is 2. The minimum absolute atomic E-state index is 0.0164. The third kappa shape index (κ3) is 28.2. The van der Waals surface area contributed by atoms with Gasteiger partial charge >= 0.3 is 12.2 Å². The van der Waals surface area contributed by atoms with Gasteiger partial charge in [-0.15, -0.1) is 0 Å². The number of carbonyl (C=O) groups is 2. The first-order chi connectivity index (χ1) is 19.0. The Morgan fingerprint density at radius 1 is 0.800 bits per heavy atom. The molecule has 0 radical (unpaired) electrons. The van der Waals surface area contributed by atoms with Gasteiger partial charge in [0.1, 0.15) is 5.44 Å². The van der Waals surface area contributed by atoms with Crippen LogP contribution in [0.4, 0.5) is 9.59 Å². The molecule has 0 aromatic rings. The van der Waals surface area contributed by atoms with E-state index >= 15 is 0 Å². The normalized spacial score (nSPS) is 12.1. The minimum atomic E-state index is -0.443. The molecule has 9 nitrogen and oxygen atoms in total. The lowest BCUT2D eigenvalue weighted by atomic mass is 10.1. The summed E-state index contributed by atoms with van der Waals surface area (Å²) in [6.07, 6.45) is 3.63. The third-order valence-corrected chi connectivity index (χ3v) is 8.75. The number of nitrogens with one attached hydrogen (secondary N) is 2. The van der Waals surface area contributed by atoms with Crippen LogP contribution in [0.3, 0.4) is 0 Å². The van der Waals surface area contributed by atoms with Crippen LogP contribution in [0.5, 0.6) is 0 Å². The summed E-state index contributed by atoms with van der Waals surface area (Å²) < 4.78 is 27.2. The molecular weight excluding hydrogens is 552 g/mol. The smallest absolute Gasteiger partial charge is 0.407 e. The molecule has 1 atom stereocenters. The number of ether oxygens (including phenoxy) is 5. The Kier molecular flexibility index (Phi) is 24.6. The van der Waals surface area contributed by atoms with Gasteiger partial charge in [0, 0.05) is 30.4 Å². The lowest BCUT2D eigenvalue weighted by molar-refractivity contribution is 0.0462. The fraction of sp³-hybridized carbons (Fsp3) is 0.862. The maximum Gasteiger partial charge on any atom is 0.407 e. The molecule has 40 heavy (non-hydrogen) atoms. The highest BCUT2D eigenvalue weighted by Crippen LogP contribution is 2.40. The number of hydrogen-bond acceptors (Lipinski definition) is 9. The summed E-state index contributed by atoms with van der Waals surface area (Å²) in [5.74, 6) is 6.85. The van der Waals surface area contributed by atoms with E-state index < -0.39 is 12.2 Å². The van der Waals surface area contributed by atoms with Gasteiger partial charge in [0.05, 0.1) is 39.6 Å². The van der Waals surface area contributed by atoms with Crippen molar-refractivity contribution < 1.29 is 33.3 Å². The standard InChI is InChI=1S/C29H54N2O7S2/c1-24(2)12-10-15-30-27(32)37-19-9-8-18-36-26(5)39-40-29(6,7)14-20-38-28(33)31-16-21-35-23-22-34-17-11-13-25(3)4/h24-26H,8-9,11,13-23H2,1-7H3,(H,30,32)(H,31,33)/t26-/m0/s1. The molecule has 0 fully saturated rings. The number of carbonyl (C=O) groups excluding carboxylic acids is 2. The molecule has 0 aliphatic carbocycles. The van der Waals surface area contributed by atoms with Crippen LogP contribution in [0, 0.1) is 23.7 Å². The maximum atomic E-state index is 11.9. The van der Waals surface area contributed by atoms with Crippen LogP contribution in [0.15, 0.2) is 0 Å². The second kappa shape index (κ2) is 25.4. The first kappa shape index (κ1) is 38.7. The summed E-state index contributed by atoms with van der Waals surface area (Å²) >= 11 is 0. The molecule has 2 N–H and O–H groups in total. The van der Waals surface area contributed by atoms with Crippen molar-refractivity contribution in [1.82, 2.24) is 10.6 Å². The van der Waals surface area contributed by atoms with Crippen LogP contribution in [0.1, 0.15) is 80.6 Å². The number of rotatable bonds is 23. The zero-order chi connectivity index (χ0) is 30.1. The van der Waals surface area contributed by atoms with Crippen molar-refractivity contribution in [3.05, 3.63) is 0 Å². The molecule has 0 aromatic carbocycles. The predicted octanol–water partition coefficient (Wildman–Crippen LogP) is 6.26. The van der Waals surface area contributed by atoms with Gasteiger partial charge in [-0.2, -0.15) is 0 Å². The van der Waals surface area contributed by atoms with E-state index in [-0.39, 0.29) is 16.1 Å². The van der Waals surface area contributed by atoms with Gasteiger partial charge in [0.25, 0.3) is 0 Å². The highest BCUT2D eigenvalue weighted by Gasteiger charge is 2.21. The Hall–Kier alpha value is -1.32. The summed E-state index contributed by atoms with van der Waals surface area (Å²) in [7, 11) is 3.37. The average molecular weight is 607 g/mol. The first-order valence-corrected chi connectivity index (χ1v) is 16.6. The molecule has 0 saturated heterocycles. The average Bonchev–Trinajstić information content (AvgIpc) is 2.88. The van der Waals surface area contributed by atoms with E-state index in [0.717, 1.165) is 32.3 Å². The summed E-state index contributed by atoms with van der Waals surface area (Å²) in [5, 5.41) is 5.32. The Balaban J connectivity index is 3.67. The Morgan fingerprint density at radius 3 is 2.15 bits per heavy atom. The molecule has 0 aliphatic heterocycles. The molecule has 0 heterocycles. The second-order valence-electron chi connectivity index (χ2n) is 10.6. The molecule has 2 amide bonds. The van der Waals surface area contributed by atoms with E-state index in [1.54, 1.807) is 21.6 Å². The van der Waals surface area contributed by atoms with Crippen molar-refractivity contribution in [3.63, 3.8) is 0 Å². The fourth-order valence-electron chi connectivity index (χ4n) is 2.89. The molecule has 0 bridgehead atoms. The Morgan fingerprint density at radius 2 is 1.45 bits per heavy atom. The minimum Gasteiger partial charge on any atom is -0.450 e. The van der Waals surface area contributed by atoms with Crippen molar-refractivity contribution in [1.29, 1.82) is 0 Å². The van der Waals surface area contributed by atoms with Crippen molar-refractivity contribution in [2.75, 3.05) is 59.3 Å². The first-order valence-electron chi connectivity index (χ1n) is 14.4. The lowest BCUT2D eigenvalue weighted by Gasteiger charge is -2.24. The number of hydrogen-bond donors (Lipinski definition) is 2. The molecule has 234 valence electrons. The van der Waals surface area contributed by atoms with Crippen LogP contribution < -0.4 is 10.6 Å². The van der Waals surface area contributed by atoms with Gasteiger partial charge < -0.3 is 34.3 Å². The zero-order valence-corrected chi connectivity index (χ0v) is 27.4. The van der Waals surface area contributed by atoms with Crippen LogP contribution in [-0.2, 0) is 23.7 Å². The van der Waals surface area contributed by atoms with Gasteiger partial charge in [-0.1, -0.05) is 61.1 Å². The monoisotopic (exact) mass is 606 g/mol. The predicted molar refractivity (Wildman–Crippen MR) is 166 cm³/mol. The fourth-order valence-corrected chi connectivity index (χ4v) is 5.21. The number of alkyl carbamates (subject to hydrolysis) is 2. The second-order valence-corrected chi connectivity index (χ2v) is 13.8. The van der Waals surface area contributed by atoms with Crippen LogP contribution >= 0.6 is 21.6 Å². The van der Waals surface area contributed by atoms with Gasteiger partial charge in [0.2, 0.25) is 0 Å². The quantitative estimate of drug-likeness (QED) is 0.0603. The molecule has 0 spiro atoms. The zero-order valence-electron chi connectivity index (χ0n) is 25.8. The Bertz CT molecular complexity index is 712. The van der Waals surface area contributed by atoms with Crippen LogP contribution in [0.25, 0.3) is 0 Å². The topological polar surface area (TPSA) is 104 Å². The molecular formula is C29H54N2O7S2. The number of unbranched alkanes of at least 4 members (excludes halogenated alkanes) is 1. The summed E-state index contributed by atoms with van der Waals surface area (Å²) in [6, 6.07) is 0.